The number of carbonyl (C=O) groups is 2. The molecular weight excluding hydrogens is 278 g/mol. The Morgan fingerprint density at radius 2 is 2.10 bits per heavy atom. The van der Waals surface area contributed by atoms with Crippen LogP contribution >= 0.6 is 11.6 Å². The van der Waals surface area contributed by atoms with E-state index in [1.807, 2.05) is 0 Å². The summed E-state index contributed by atoms with van der Waals surface area (Å²) >= 11 is 5.94. The van der Waals surface area contributed by atoms with E-state index in [4.69, 9.17) is 11.6 Å². The molecule has 20 heavy (non-hydrogen) atoms. The van der Waals surface area contributed by atoms with Crippen LogP contribution in [0.2, 0.25) is 5.02 Å². The van der Waals surface area contributed by atoms with Gasteiger partial charge in [0.1, 0.15) is 0 Å². The average molecular weight is 294 g/mol. The van der Waals surface area contributed by atoms with E-state index in [2.05, 4.69) is 5.32 Å². The quantitative estimate of drug-likeness (QED) is 0.895. The van der Waals surface area contributed by atoms with Crippen molar-refractivity contribution in [2.75, 3.05) is 0 Å². The SMILES string of the molecule is CCC(=O)C1=C(c2cccc(Cl)c2)C(=O)NC1(O)CC. The molecule has 0 spiro atoms. The molecule has 0 bridgehead atoms. The predicted octanol–water partition coefficient (Wildman–Crippen LogP) is 2.30. The van der Waals surface area contributed by atoms with Gasteiger partial charge in [0.25, 0.3) is 5.91 Å². The van der Waals surface area contributed by atoms with Crippen molar-refractivity contribution in [2.45, 2.75) is 32.4 Å². The molecule has 0 radical (unpaired) electrons. The number of hydrogen-bond donors (Lipinski definition) is 2. The van der Waals surface area contributed by atoms with E-state index in [1.165, 1.54) is 0 Å². The Labute approximate surface area is 122 Å². The number of ketones is 1. The highest BCUT2D eigenvalue weighted by Gasteiger charge is 2.45. The Hall–Kier alpha value is -1.65. The van der Waals surface area contributed by atoms with Crippen LogP contribution in [0.5, 0.6) is 0 Å². The van der Waals surface area contributed by atoms with Crippen molar-refractivity contribution >= 4 is 28.9 Å². The Morgan fingerprint density at radius 1 is 1.40 bits per heavy atom. The van der Waals surface area contributed by atoms with Crippen LogP contribution in [0.4, 0.5) is 0 Å². The highest BCUT2D eigenvalue weighted by atomic mass is 35.5. The number of nitrogens with one attached hydrogen (secondary N) is 1. The smallest absolute Gasteiger partial charge is 0.254 e. The van der Waals surface area contributed by atoms with Crippen LogP contribution in [0.3, 0.4) is 0 Å². The maximum Gasteiger partial charge on any atom is 0.254 e. The maximum absolute atomic E-state index is 12.2. The summed E-state index contributed by atoms with van der Waals surface area (Å²) in [6.45, 7) is 3.41. The van der Waals surface area contributed by atoms with Gasteiger partial charge in [0.2, 0.25) is 0 Å². The molecule has 0 aromatic heterocycles. The van der Waals surface area contributed by atoms with Gasteiger partial charge in [-0.05, 0) is 24.1 Å². The third kappa shape index (κ3) is 2.37. The van der Waals surface area contributed by atoms with Crippen molar-refractivity contribution in [3.05, 3.63) is 40.4 Å². The van der Waals surface area contributed by atoms with Gasteiger partial charge in [-0.25, -0.2) is 0 Å². The Morgan fingerprint density at radius 3 is 2.65 bits per heavy atom. The molecule has 1 aromatic rings. The molecule has 106 valence electrons. The normalized spacial score (nSPS) is 22.1. The van der Waals surface area contributed by atoms with Crippen molar-refractivity contribution in [2.24, 2.45) is 0 Å². The summed E-state index contributed by atoms with van der Waals surface area (Å²) < 4.78 is 0. The summed E-state index contributed by atoms with van der Waals surface area (Å²) in [5.41, 5.74) is -0.711. The summed E-state index contributed by atoms with van der Waals surface area (Å²) in [5.74, 6) is -0.698. The van der Waals surface area contributed by atoms with Gasteiger partial charge in [0.15, 0.2) is 11.5 Å². The lowest BCUT2D eigenvalue weighted by molar-refractivity contribution is -0.120. The highest BCUT2D eigenvalue weighted by Crippen LogP contribution is 2.35. The van der Waals surface area contributed by atoms with Crippen LogP contribution in [0.1, 0.15) is 32.3 Å². The minimum atomic E-state index is -1.60. The summed E-state index contributed by atoms with van der Waals surface area (Å²) in [4.78, 5) is 24.3. The zero-order valence-electron chi connectivity index (χ0n) is 11.4. The van der Waals surface area contributed by atoms with Gasteiger partial charge in [-0.3, -0.25) is 9.59 Å². The zero-order chi connectivity index (χ0) is 14.9. The molecule has 4 nitrogen and oxygen atoms in total. The van der Waals surface area contributed by atoms with E-state index >= 15 is 0 Å². The molecule has 0 saturated heterocycles. The van der Waals surface area contributed by atoms with Crippen LogP contribution < -0.4 is 5.32 Å². The average Bonchev–Trinajstić information content (AvgIpc) is 2.70. The van der Waals surface area contributed by atoms with E-state index in [-0.39, 0.29) is 29.8 Å². The summed E-state index contributed by atoms with van der Waals surface area (Å²) in [6.07, 6.45) is 0.445. The van der Waals surface area contributed by atoms with Crippen molar-refractivity contribution < 1.29 is 14.7 Å². The lowest BCUT2D eigenvalue weighted by Crippen LogP contribution is -2.45. The highest BCUT2D eigenvalue weighted by molar-refractivity contribution is 6.32. The van der Waals surface area contributed by atoms with Crippen LogP contribution in [-0.2, 0) is 9.59 Å². The molecule has 0 fully saturated rings. The number of hydrogen-bond acceptors (Lipinski definition) is 3. The molecule has 1 aliphatic rings. The van der Waals surface area contributed by atoms with Gasteiger partial charge >= 0.3 is 0 Å². The molecule has 2 rings (SSSR count). The van der Waals surface area contributed by atoms with Gasteiger partial charge in [-0.1, -0.05) is 37.6 Å². The van der Waals surface area contributed by atoms with Gasteiger partial charge < -0.3 is 10.4 Å². The van der Waals surface area contributed by atoms with E-state index in [9.17, 15) is 14.7 Å². The lowest BCUT2D eigenvalue weighted by atomic mass is 9.91. The second kappa shape index (κ2) is 5.38. The number of aliphatic hydroxyl groups is 1. The van der Waals surface area contributed by atoms with E-state index in [1.54, 1.807) is 38.1 Å². The van der Waals surface area contributed by atoms with Crippen molar-refractivity contribution in [3.63, 3.8) is 0 Å². The van der Waals surface area contributed by atoms with Crippen LogP contribution in [-0.4, -0.2) is 22.5 Å². The minimum absolute atomic E-state index is 0.134. The number of benzene rings is 1. The molecule has 1 atom stereocenters. The second-order valence-corrected chi connectivity index (χ2v) is 5.14. The molecule has 1 amide bonds. The van der Waals surface area contributed by atoms with Crippen LogP contribution in [0, 0.1) is 0 Å². The number of amides is 1. The maximum atomic E-state index is 12.2. The molecule has 1 aliphatic heterocycles. The first-order chi connectivity index (χ1) is 9.42. The molecule has 1 heterocycles. The fraction of sp³-hybridized carbons (Fsp3) is 0.333. The molecular formula is C15H16ClNO3. The number of halogens is 1. The van der Waals surface area contributed by atoms with Gasteiger partial charge in [0.05, 0.1) is 11.1 Å². The molecule has 1 unspecified atom stereocenters. The summed E-state index contributed by atoms with van der Waals surface area (Å²) in [5, 5.41) is 13.5. The Kier molecular flexibility index (Phi) is 3.97. The van der Waals surface area contributed by atoms with Crippen molar-refractivity contribution in [1.82, 2.24) is 5.32 Å². The van der Waals surface area contributed by atoms with Crippen LogP contribution in [0.15, 0.2) is 29.8 Å². The molecule has 1 aromatic carbocycles. The topological polar surface area (TPSA) is 66.4 Å². The van der Waals surface area contributed by atoms with Gasteiger partial charge in [0, 0.05) is 11.4 Å². The molecule has 0 aliphatic carbocycles. The van der Waals surface area contributed by atoms with E-state index < -0.39 is 11.6 Å². The van der Waals surface area contributed by atoms with E-state index in [0.717, 1.165) is 0 Å². The fourth-order valence-electron chi connectivity index (χ4n) is 2.36. The van der Waals surface area contributed by atoms with Crippen LogP contribution in [0.25, 0.3) is 5.57 Å². The molecule has 0 saturated carbocycles. The third-order valence-corrected chi connectivity index (χ3v) is 3.67. The summed E-state index contributed by atoms with van der Waals surface area (Å²) in [6, 6.07) is 6.70. The van der Waals surface area contributed by atoms with Gasteiger partial charge in [-0.15, -0.1) is 0 Å². The Bertz CT molecular complexity index is 609. The van der Waals surface area contributed by atoms with E-state index in [0.29, 0.717) is 10.6 Å². The zero-order valence-corrected chi connectivity index (χ0v) is 12.1. The molecule has 2 N–H and O–H groups in total. The number of Topliss-reactive ketones (excluding diaryl/α,β-unsaturated/α-hetero) is 1. The van der Waals surface area contributed by atoms with Crippen molar-refractivity contribution in [1.29, 1.82) is 0 Å². The van der Waals surface area contributed by atoms with Crippen molar-refractivity contribution in [3.8, 4) is 0 Å². The largest absolute Gasteiger partial charge is 0.367 e. The number of rotatable bonds is 4. The first kappa shape index (κ1) is 14.8. The predicted molar refractivity (Wildman–Crippen MR) is 77.1 cm³/mol. The third-order valence-electron chi connectivity index (χ3n) is 3.44. The Balaban J connectivity index is 2.68. The fourth-order valence-corrected chi connectivity index (χ4v) is 2.55. The summed E-state index contributed by atoms with van der Waals surface area (Å²) in [7, 11) is 0. The monoisotopic (exact) mass is 293 g/mol. The first-order valence-electron chi connectivity index (χ1n) is 6.51. The van der Waals surface area contributed by atoms with Gasteiger partial charge in [-0.2, -0.15) is 0 Å². The number of carbonyl (C=O) groups excluding carboxylic acids is 2. The molecule has 5 heteroatoms. The first-order valence-corrected chi connectivity index (χ1v) is 6.89. The lowest BCUT2D eigenvalue weighted by Gasteiger charge is -2.23. The standard InChI is InChI=1S/C15H16ClNO3/c1-3-11(18)13-12(9-6-5-7-10(16)8-9)14(19)17-15(13,20)4-2/h5-8,20H,3-4H2,1-2H3,(H,17,19). The second-order valence-electron chi connectivity index (χ2n) is 4.71. The minimum Gasteiger partial charge on any atom is -0.367 e.